The highest BCUT2D eigenvalue weighted by Crippen LogP contribution is 2.32. The maximum Gasteiger partial charge on any atom is 0.414 e. The second-order valence-corrected chi connectivity index (χ2v) is 19.0. The zero-order valence-electron chi connectivity index (χ0n) is 23.2. The Labute approximate surface area is 215 Å². The third-order valence-corrected chi connectivity index (χ3v) is 17.5. The van der Waals surface area contributed by atoms with Gasteiger partial charge in [0, 0.05) is 17.8 Å². The molecule has 0 aliphatic heterocycles. The van der Waals surface area contributed by atoms with Crippen LogP contribution >= 0.6 is 0 Å². The van der Waals surface area contributed by atoms with Crippen LogP contribution in [-0.4, -0.2) is 34.7 Å². The molecule has 2 aromatic rings. The van der Waals surface area contributed by atoms with Gasteiger partial charge in [0.15, 0.2) is 0 Å². The minimum atomic E-state index is -1.70. The van der Waals surface area contributed by atoms with E-state index < -0.39 is 22.4 Å². The minimum absolute atomic E-state index is 0.572. The van der Waals surface area contributed by atoms with Crippen LogP contribution in [0, 0.1) is 18.8 Å². The van der Waals surface area contributed by atoms with Crippen molar-refractivity contribution < 1.29 is 9.84 Å². The molecule has 0 aromatic heterocycles. The van der Waals surface area contributed by atoms with Crippen molar-refractivity contribution in [3.05, 3.63) is 47.5 Å². The highest BCUT2D eigenvalue weighted by atomic mass is 28.3. The number of anilines is 1. The topological polar surface area (TPSA) is 32.7 Å². The lowest BCUT2D eigenvalue weighted by Crippen LogP contribution is -2.46. The number of nitrogens with zero attached hydrogens (tertiary/aromatic N) is 1. The van der Waals surface area contributed by atoms with E-state index in [0.717, 1.165) is 17.9 Å². The first-order valence-corrected chi connectivity index (χ1v) is 18.1. The molecule has 0 amide bonds. The number of aryl methyl sites for hydroxylation is 1. The smallest absolute Gasteiger partial charge is 0.414 e. The maximum atomic E-state index is 11.7. The van der Waals surface area contributed by atoms with Crippen LogP contribution in [-0.2, 0) is 6.54 Å². The minimum Gasteiger partial charge on any atom is -0.508 e. The van der Waals surface area contributed by atoms with E-state index in [1.54, 1.807) is 7.11 Å². The number of phenolic OH excluding ortho intramolecular Hbond substituents is 1. The molecule has 0 aliphatic rings. The molecule has 3 nitrogen and oxygen atoms in total. The number of phenols is 1. The van der Waals surface area contributed by atoms with Crippen molar-refractivity contribution in [1.29, 1.82) is 0 Å². The summed E-state index contributed by atoms with van der Waals surface area (Å²) >= 11 is -1.31. The number of hydrogen-bond acceptors (Lipinski definition) is 3. The summed E-state index contributed by atoms with van der Waals surface area (Å²) in [4.78, 5) is 0. The van der Waals surface area contributed by atoms with Gasteiger partial charge in [-0.15, -0.1) is 0 Å². The molecule has 0 fully saturated rings. The quantitative estimate of drug-likeness (QED) is 0.287. The Balaban J connectivity index is 2.61. The van der Waals surface area contributed by atoms with Gasteiger partial charge in [-0.2, -0.15) is 0 Å². The average molecular weight is 498 g/mol. The van der Waals surface area contributed by atoms with E-state index in [9.17, 15) is 5.11 Å². The second kappa shape index (κ2) is 13.1. The molecular weight excluding hydrogens is 449 g/mol. The Hall–Kier alpha value is -1.41. The number of rotatable bonds is 13. The summed E-state index contributed by atoms with van der Waals surface area (Å²) in [5.41, 5.74) is 3.63. The van der Waals surface area contributed by atoms with Gasteiger partial charge in [0.2, 0.25) is 0 Å². The van der Waals surface area contributed by atoms with Crippen LogP contribution in [0.2, 0.25) is 28.7 Å². The molecule has 34 heavy (non-hydrogen) atoms. The molecular formula is C29H48AlNO2Si. The molecule has 0 aliphatic carbocycles. The van der Waals surface area contributed by atoms with Gasteiger partial charge in [0.1, 0.15) is 11.5 Å². The van der Waals surface area contributed by atoms with E-state index in [4.69, 9.17) is 4.74 Å². The molecule has 0 spiro atoms. The third kappa shape index (κ3) is 7.06. The van der Waals surface area contributed by atoms with Crippen molar-refractivity contribution in [2.24, 2.45) is 11.8 Å². The van der Waals surface area contributed by atoms with Gasteiger partial charge in [0.25, 0.3) is 0 Å². The predicted octanol–water partition coefficient (Wildman–Crippen LogP) is 7.73. The van der Waals surface area contributed by atoms with Gasteiger partial charge >= 0.3 is 14.4 Å². The van der Waals surface area contributed by atoms with Crippen LogP contribution < -0.4 is 13.8 Å². The average Bonchev–Trinajstić information content (AvgIpc) is 2.80. The monoisotopic (exact) mass is 497 g/mol. The fourth-order valence-corrected chi connectivity index (χ4v) is 13.3. The van der Waals surface area contributed by atoms with E-state index >= 15 is 0 Å². The van der Waals surface area contributed by atoms with Gasteiger partial charge in [-0.25, -0.2) is 0 Å². The summed E-state index contributed by atoms with van der Waals surface area (Å²) in [6, 6.07) is 16.6. The Morgan fingerprint density at radius 1 is 0.912 bits per heavy atom. The Kier molecular flexibility index (Phi) is 11.1. The molecule has 2 aromatic carbocycles. The number of hydrogen-bond donors (Lipinski definition) is 1. The first kappa shape index (κ1) is 28.8. The van der Waals surface area contributed by atoms with Gasteiger partial charge in [0.05, 0.1) is 15.2 Å². The van der Waals surface area contributed by atoms with E-state index in [0.29, 0.717) is 17.6 Å². The van der Waals surface area contributed by atoms with Gasteiger partial charge in [-0.3, -0.25) is 0 Å². The summed E-state index contributed by atoms with van der Waals surface area (Å²) in [5.74, 6) is 2.79. The fraction of sp³-hybridized carbons (Fsp3) is 0.586. The van der Waals surface area contributed by atoms with Gasteiger partial charge in [-0.1, -0.05) is 107 Å². The molecule has 2 rings (SSSR count). The van der Waals surface area contributed by atoms with Crippen LogP contribution in [0.3, 0.4) is 0 Å². The molecule has 188 valence electrons. The maximum absolute atomic E-state index is 11.7. The molecule has 0 radical (unpaired) electrons. The van der Waals surface area contributed by atoms with Crippen LogP contribution in [0.15, 0.2) is 36.4 Å². The molecule has 0 atom stereocenters. The molecule has 0 saturated carbocycles. The van der Waals surface area contributed by atoms with Crippen molar-refractivity contribution in [2.45, 2.75) is 90.6 Å². The Morgan fingerprint density at radius 3 is 1.88 bits per heavy atom. The SMILES string of the molecule is CC[Si](CC)(CC)c1cc(C)cc(C[N](c2ccc(OC)cc2)[Al]([CH2]C(C)C)[CH2]C(C)C)c1O. The molecule has 0 saturated heterocycles. The lowest BCUT2D eigenvalue weighted by Gasteiger charge is -2.35. The van der Waals surface area contributed by atoms with Crippen LogP contribution in [0.4, 0.5) is 5.69 Å². The summed E-state index contributed by atoms with van der Waals surface area (Å²) in [5, 5.41) is 15.5. The summed E-state index contributed by atoms with van der Waals surface area (Å²) < 4.78 is 8.11. The van der Waals surface area contributed by atoms with E-state index in [1.807, 2.05) is 0 Å². The number of methoxy groups -OCH3 is 1. The number of benzene rings is 2. The van der Waals surface area contributed by atoms with Crippen LogP contribution in [0.25, 0.3) is 0 Å². The molecule has 0 bridgehead atoms. The highest BCUT2D eigenvalue weighted by molar-refractivity contribution is 6.92. The van der Waals surface area contributed by atoms with Crippen LogP contribution in [0.1, 0.15) is 59.6 Å². The zero-order valence-corrected chi connectivity index (χ0v) is 25.4. The standard InChI is InChI=1S/C21H30NO2Si.2C4H9.Al/c1-6-25(7-2,8-3)20-14-16(4)13-17(21(20)23)15-22-18-9-11-19(24-5)12-10-18;2*1-4(2)3;/h9-14,23H,6-8,15H2,1-5H3;2*4H,1H2,2-3H3;/q-1;;;+1. The van der Waals surface area contributed by atoms with Gasteiger partial charge < -0.3 is 13.7 Å². The fourth-order valence-electron chi connectivity index (χ4n) is 5.53. The lowest BCUT2D eigenvalue weighted by molar-refractivity contribution is 0.415. The molecule has 5 heteroatoms. The van der Waals surface area contributed by atoms with Gasteiger partial charge in [-0.05, 0) is 36.4 Å². The molecule has 0 unspecified atom stereocenters. The highest BCUT2D eigenvalue weighted by Gasteiger charge is 2.34. The van der Waals surface area contributed by atoms with Crippen LogP contribution in [0.5, 0.6) is 11.5 Å². The van der Waals surface area contributed by atoms with Crippen molar-refractivity contribution >= 4 is 33.3 Å². The Morgan fingerprint density at radius 2 is 1.44 bits per heavy atom. The lowest BCUT2D eigenvalue weighted by atomic mass is 10.1. The van der Waals surface area contributed by atoms with Crippen molar-refractivity contribution in [2.75, 3.05) is 11.0 Å². The predicted molar refractivity (Wildman–Crippen MR) is 154 cm³/mol. The van der Waals surface area contributed by atoms with E-state index in [2.05, 4.69) is 95.7 Å². The number of aromatic hydroxyl groups is 1. The summed E-state index contributed by atoms with van der Waals surface area (Å²) in [7, 11) is 0.0249. The molecule has 1 N–H and O–H groups in total. The van der Waals surface area contributed by atoms with Crippen molar-refractivity contribution in [3.8, 4) is 11.5 Å². The second-order valence-electron chi connectivity index (χ2n) is 10.9. The Bertz CT molecular complexity index is 875. The van der Waals surface area contributed by atoms with E-state index in [1.165, 1.54) is 45.1 Å². The summed E-state index contributed by atoms with van der Waals surface area (Å²) in [6.45, 7) is 19.3. The van der Waals surface area contributed by atoms with Crippen molar-refractivity contribution in [1.82, 2.24) is 0 Å². The zero-order chi connectivity index (χ0) is 25.5. The summed E-state index contributed by atoms with van der Waals surface area (Å²) in [6.07, 6.45) is 0. The number of ether oxygens (including phenoxy) is 1. The van der Waals surface area contributed by atoms with Crippen molar-refractivity contribution in [3.63, 3.8) is 0 Å². The molecule has 0 heterocycles. The normalized spacial score (nSPS) is 11.9. The third-order valence-electron chi connectivity index (χ3n) is 7.61. The van der Waals surface area contributed by atoms with E-state index in [-0.39, 0.29) is 0 Å². The first-order chi connectivity index (χ1) is 16.1. The largest absolute Gasteiger partial charge is 0.508 e. The first-order valence-electron chi connectivity index (χ1n) is 13.3.